The summed E-state index contributed by atoms with van der Waals surface area (Å²) in [5.74, 6) is -1.94. The SMILES string of the molecule is CC(=O)O/N=C(/C(=O)c1ccc(Sc2ccc(C(=O)c3ccc(-c4ccccc4)cc3)cc2)cc1)c1cc(C)ccc1C.CC(=O)O/N=C(/C(=O)c1ccc(Sc2ccc(C(=O)c3ccc(N4CCOCC4)cc3)cc2)cc1)c1cc(C)ccc1C. The van der Waals surface area contributed by atoms with Gasteiger partial charge in [0.25, 0.3) is 0 Å². The highest BCUT2D eigenvalue weighted by atomic mass is 32.2. The second kappa shape index (κ2) is 28.8. The Morgan fingerprint density at radius 1 is 0.407 bits per heavy atom. The molecule has 0 atom stereocenters. The van der Waals surface area contributed by atoms with Crippen LogP contribution in [0.2, 0.25) is 0 Å². The zero-order valence-electron chi connectivity index (χ0n) is 48.4. The minimum absolute atomic E-state index is 0.0250. The van der Waals surface area contributed by atoms with E-state index in [9.17, 15) is 28.8 Å². The molecular weight excluding hydrogens is 1110 g/mol. The van der Waals surface area contributed by atoms with Gasteiger partial charge in [0.05, 0.1) is 13.2 Å². The molecule has 1 heterocycles. The third-order valence-corrected chi connectivity index (χ3v) is 16.0. The van der Waals surface area contributed by atoms with Crippen molar-refractivity contribution < 1.29 is 43.2 Å². The van der Waals surface area contributed by atoms with E-state index in [1.807, 2.05) is 216 Å². The summed E-state index contributed by atoms with van der Waals surface area (Å²) >= 11 is 3.05. The van der Waals surface area contributed by atoms with Gasteiger partial charge in [-0.3, -0.25) is 19.2 Å². The summed E-state index contributed by atoms with van der Waals surface area (Å²) in [4.78, 5) is 91.7. The first kappa shape index (κ1) is 61.0. The van der Waals surface area contributed by atoms with Crippen LogP contribution in [0.25, 0.3) is 11.1 Å². The van der Waals surface area contributed by atoms with Crippen LogP contribution in [0.4, 0.5) is 5.69 Å². The molecule has 0 N–H and O–H groups in total. The third-order valence-electron chi connectivity index (χ3n) is 14.0. The molecule has 430 valence electrons. The molecule has 1 aliphatic rings. The Balaban J connectivity index is 0.000000205. The summed E-state index contributed by atoms with van der Waals surface area (Å²) in [7, 11) is 0. The van der Waals surface area contributed by atoms with Gasteiger partial charge in [-0.15, -0.1) is 0 Å². The predicted octanol–water partition coefficient (Wildman–Crippen LogP) is 15.2. The lowest BCUT2D eigenvalue weighted by atomic mass is 9.96. The van der Waals surface area contributed by atoms with E-state index in [1.165, 1.54) is 37.4 Å². The lowest BCUT2D eigenvalue weighted by Gasteiger charge is -2.28. The second-order valence-corrected chi connectivity index (χ2v) is 22.7. The van der Waals surface area contributed by atoms with Crippen molar-refractivity contribution >= 4 is 75.7 Å². The summed E-state index contributed by atoms with van der Waals surface area (Å²) in [6, 6.07) is 66.2. The van der Waals surface area contributed by atoms with Crippen LogP contribution in [0.1, 0.15) is 99.8 Å². The highest BCUT2D eigenvalue weighted by molar-refractivity contribution is 7.99. The Morgan fingerprint density at radius 3 is 1.12 bits per heavy atom. The molecule has 0 spiro atoms. The smallest absolute Gasteiger partial charge is 0.332 e. The van der Waals surface area contributed by atoms with Crippen molar-refractivity contribution in [2.45, 2.75) is 61.1 Å². The second-order valence-electron chi connectivity index (χ2n) is 20.4. The van der Waals surface area contributed by atoms with E-state index in [2.05, 4.69) is 15.2 Å². The molecule has 86 heavy (non-hydrogen) atoms. The van der Waals surface area contributed by atoms with Gasteiger partial charge in [0.2, 0.25) is 11.6 Å². The van der Waals surface area contributed by atoms with Gasteiger partial charge in [-0.2, -0.15) is 0 Å². The number of oxime groups is 2. The van der Waals surface area contributed by atoms with E-state index < -0.39 is 11.9 Å². The van der Waals surface area contributed by atoms with Crippen LogP contribution >= 0.6 is 23.5 Å². The van der Waals surface area contributed by atoms with Gasteiger partial charge in [-0.1, -0.05) is 124 Å². The maximum atomic E-state index is 13.4. The molecule has 0 saturated carbocycles. The largest absolute Gasteiger partial charge is 0.378 e. The topological polar surface area (TPSA) is 158 Å². The average Bonchev–Trinajstić information content (AvgIpc) is 2.48. The lowest BCUT2D eigenvalue weighted by molar-refractivity contribution is -0.141. The van der Waals surface area contributed by atoms with Crippen molar-refractivity contribution in [3.63, 3.8) is 0 Å². The molecule has 1 aliphatic heterocycles. The molecule has 0 amide bonds. The Morgan fingerprint density at radius 2 is 0.744 bits per heavy atom. The van der Waals surface area contributed by atoms with Gasteiger partial charge in [0.1, 0.15) is 0 Å². The van der Waals surface area contributed by atoms with Gasteiger partial charge in [0, 0.05) is 96.7 Å². The first-order chi connectivity index (χ1) is 41.6. The van der Waals surface area contributed by atoms with Crippen LogP contribution in [0.15, 0.2) is 242 Å². The number of carbonyl (C=O) groups excluding carboxylic acids is 6. The fourth-order valence-electron chi connectivity index (χ4n) is 9.29. The Bertz CT molecular complexity index is 3990. The maximum absolute atomic E-state index is 13.4. The molecule has 9 aromatic carbocycles. The molecule has 1 saturated heterocycles. The molecule has 10 rings (SSSR count). The number of benzene rings is 9. The number of ketones is 4. The fraction of sp³-hybridized carbons (Fsp3) is 0.139. The molecule has 1 fully saturated rings. The molecule has 0 radical (unpaired) electrons. The van der Waals surface area contributed by atoms with Crippen molar-refractivity contribution in [3.05, 3.63) is 279 Å². The summed E-state index contributed by atoms with van der Waals surface area (Å²) in [5, 5.41) is 7.82. The molecular formula is C72H61N3O9S2. The number of Topliss-reactive ketones (excluding diaryl/α,β-unsaturated/α-hetero) is 2. The van der Waals surface area contributed by atoms with Crippen LogP contribution in [-0.4, -0.2) is 72.8 Å². The van der Waals surface area contributed by atoms with E-state index in [0.29, 0.717) is 57.7 Å². The van der Waals surface area contributed by atoms with E-state index in [1.54, 1.807) is 24.3 Å². The van der Waals surface area contributed by atoms with Crippen LogP contribution in [0.5, 0.6) is 0 Å². The number of anilines is 1. The summed E-state index contributed by atoms with van der Waals surface area (Å²) in [6.45, 7) is 13.2. The van der Waals surface area contributed by atoms with Crippen LogP contribution in [-0.2, 0) is 24.0 Å². The zero-order valence-corrected chi connectivity index (χ0v) is 50.0. The quantitative estimate of drug-likeness (QED) is 0.0347. The minimum atomic E-state index is -0.601. The number of hydrogen-bond donors (Lipinski definition) is 0. The molecule has 0 aromatic heterocycles. The molecule has 0 bridgehead atoms. The van der Waals surface area contributed by atoms with Crippen molar-refractivity contribution in [1.29, 1.82) is 0 Å². The number of nitrogens with zero attached hydrogens (tertiary/aromatic N) is 3. The van der Waals surface area contributed by atoms with E-state index in [4.69, 9.17) is 14.4 Å². The number of carbonyl (C=O) groups is 6. The Labute approximate surface area is 508 Å². The number of hydrogen-bond acceptors (Lipinski definition) is 14. The summed E-state index contributed by atoms with van der Waals surface area (Å²) in [6.07, 6.45) is 0. The van der Waals surface area contributed by atoms with Crippen molar-refractivity contribution in [1.82, 2.24) is 0 Å². The van der Waals surface area contributed by atoms with E-state index >= 15 is 0 Å². The van der Waals surface area contributed by atoms with Crippen LogP contribution < -0.4 is 4.90 Å². The van der Waals surface area contributed by atoms with Gasteiger partial charge in [-0.25, -0.2) is 9.59 Å². The van der Waals surface area contributed by atoms with Gasteiger partial charge in [-0.05, 0) is 183 Å². The fourth-order valence-corrected chi connectivity index (χ4v) is 10.9. The first-order valence-electron chi connectivity index (χ1n) is 27.8. The molecule has 9 aromatic rings. The summed E-state index contributed by atoms with van der Waals surface area (Å²) < 4.78 is 5.42. The molecule has 0 unspecified atom stereocenters. The number of rotatable bonds is 18. The number of aryl methyl sites for hydroxylation is 4. The molecule has 14 heteroatoms. The predicted molar refractivity (Wildman–Crippen MR) is 339 cm³/mol. The Kier molecular flexibility index (Phi) is 20.4. The Hall–Kier alpha value is -9.60. The van der Waals surface area contributed by atoms with Crippen molar-refractivity contribution in [3.8, 4) is 11.1 Å². The highest BCUT2D eigenvalue weighted by Gasteiger charge is 2.23. The number of ether oxygens (including phenoxy) is 1. The van der Waals surface area contributed by atoms with Gasteiger partial charge in [0.15, 0.2) is 23.0 Å². The molecule has 0 aliphatic carbocycles. The minimum Gasteiger partial charge on any atom is -0.378 e. The van der Waals surface area contributed by atoms with Crippen LogP contribution in [0, 0.1) is 27.7 Å². The first-order valence-corrected chi connectivity index (χ1v) is 29.4. The highest BCUT2D eigenvalue weighted by Crippen LogP contribution is 2.32. The zero-order chi connectivity index (χ0) is 60.7. The van der Waals surface area contributed by atoms with E-state index in [0.717, 1.165) is 71.7 Å². The van der Waals surface area contributed by atoms with E-state index in [-0.39, 0.29) is 34.6 Å². The number of morpholine rings is 1. The normalized spacial score (nSPS) is 12.3. The standard InChI is InChI=1S/C37H29NO4S.C35H32N2O5S/c1-24-9-10-25(2)34(23-24)35(38-42-26(3)39)37(41)31-17-21-33(22-18-31)43-32-19-15-30(16-20-32)36(40)29-13-11-28(12-14-29)27-7-5-4-6-8-27;1-23-4-5-24(2)32(22-23)33(36-42-25(3)38)35(40)28-10-16-31(17-11-28)43-30-14-8-27(9-15-30)34(39)26-6-12-29(13-7-26)37-18-20-41-21-19-37/h4-23H,1-3H3;4-17,22H,18-21H2,1-3H3/b38-35+;36-33+. The maximum Gasteiger partial charge on any atom is 0.332 e. The van der Waals surface area contributed by atoms with Crippen molar-refractivity contribution in [2.24, 2.45) is 10.3 Å². The van der Waals surface area contributed by atoms with Gasteiger partial charge < -0.3 is 19.3 Å². The van der Waals surface area contributed by atoms with Gasteiger partial charge >= 0.3 is 11.9 Å². The third kappa shape index (κ3) is 16.0. The average molecular weight is 1180 g/mol. The monoisotopic (exact) mass is 1180 g/mol. The van der Waals surface area contributed by atoms with Crippen LogP contribution in [0.3, 0.4) is 0 Å². The van der Waals surface area contributed by atoms with Crippen molar-refractivity contribution in [2.75, 3.05) is 31.2 Å². The lowest BCUT2D eigenvalue weighted by Crippen LogP contribution is -2.36. The molecule has 12 nitrogen and oxygen atoms in total. The summed E-state index contributed by atoms with van der Waals surface area (Å²) in [5.41, 5.74) is 11.7.